The Morgan fingerprint density at radius 2 is 1.94 bits per heavy atom. The van der Waals surface area contributed by atoms with Crippen LogP contribution in [-0.4, -0.2) is 63.5 Å². The maximum Gasteiger partial charge on any atom is 0.319 e. The van der Waals surface area contributed by atoms with Gasteiger partial charge in [0.2, 0.25) is 0 Å². The summed E-state index contributed by atoms with van der Waals surface area (Å²) in [7, 11) is 2.04. The number of anilines is 2. The fourth-order valence-corrected chi connectivity index (χ4v) is 8.78. The van der Waals surface area contributed by atoms with E-state index < -0.39 is 18.1 Å². The zero-order valence-electron chi connectivity index (χ0n) is 26.9. The number of fused-ring (bicyclic) bond motifs is 3. The first-order chi connectivity index (χ1) is 24.1. The minimum absolute atomic E-state index is 0.00856. The number of nitrogens with zero attached hydrogens (tertiary/aromatic N) is 7. The lowest BCUT2D eigenvalue weighted by Crippen LogP contribution is -2.40. The summed E-state index contributed by atoms with van der Waals surface area (Å²) in [5.41, 5.74) is 6.19. The molecule has 8 rings (SSSR count). The normalized spacial score (nSPS) is 19.8. The van der Waals surface area contributed by atoms with E-state index in [1.807, 2.05) is 18.0 Å². The minimum atomic E-state index is -2.75. The van der Waals surface area contributed by atoms with Crippen molar-refractivity contribution in [1.82, 2.24) is 24.6 Å². The Labute approximate surface area is 292 Å². The Kier molecular flexibility index (Phi) is 8.35. The number of nitrogens with two attached hydrogens (primary N) is 1. The van der Waals surface area contributed by atoms with Crippen LogP contribution in [0.25, 0.3) is 32.1 Å². The van der Waals surface area contributed by atoms with E-state index in [0.717, 1.165) is 37.1 Å². The summed E-state index contributed by atoms with van der Waals surface area (Å²) in [5, 5.41) is 14.5. The molecule has 1 unspecified atom stereocenters. The third-order valence-corrected chi connectivity index (χ3v) is 11.3. The van der Waals surface area contributed by atoms with Crippen molar-refractivity contribution in [1.29, 1.82) is 5.26 Å². The molecule has 5 aromatic rings. The van der Waals surface area contributed by atoms with Crippen LogP contribution in [0.5, 0.6) is 11.8 Å². The minimum Gasteiger partial charge on any atom is -0.489 e. The van der Waals surface area contributed by atoms with Gasteiger partial charge < -0.3 is 20.1 Å². The van der Waals surface area contributed by atoms with Crippen molar-refractivity contribution in [3.63, 3.8) is 0 Å². The summed E-state index contributed by atoms with van der Waals surface area (Å²) >= 11 is 7.91. The van der Waals surface area contributed by atoms with Gasteiger partial charge in [0.15, 0.2) is 11.6 Å². The number of halogens is 5. The van der Waals surface area contributed by atoms with Gasteiger partial charge in [-0.25, -0.2) is 17.6 Å². The van der Waals surface area contributed by atoms with Gasteiger partial charge in [-0.3, -0.25) is 9.58 Å². The Morgan fingerprint density at radius 1 is 1.10 bits per heavy atom. The molecule has 2 aromatic carbocycles. The highest BCUT2D eigenvalue weighted by Crippen LogP contribution is 2.51. The highest BCUT2D eigenvalue weighted by molar-refractivity contribution is 7.23. The molecule has 3 aromatic heterocycles. The van der Waals surface area contributed by atoms with Gasteiger partial charge in [-0.05, 0) is 63.4 Å². The van der Waals surface area contributed by atoms with Gasteiger partial charge in [-0.2, -0.15) is 20.3 Å². The van der Waals surface area contributed by atoms with E-state index >= 15 is 8.78 Å². The van der Waals surface area contributed by atoms with Crippen LogP contribution in [0.4, 0.5) is 28.4 Å². The summed E-state index contributed by atoms with van der Waals surface area (Å²) in [6.45, 7) is 1.75. The Bertz CT molecular complexity index is 2200. The van der Waals surface area contributed by atoms with Crippen molar-refractivity contribution in [3.05, 3.63) is 51.8 Å². The molecule has 50 heavy (non-hydrogen) atoms. The first kappa shape index (κ1) is 32.8. The largest absolute Gasteiger partial charge is 0.489 e. The molecule has 0 aliphatic carbocycles. The summed E-state index contributed by atoms with van der Waals surface area (Å²) < 4.78 is 74.6. The number of alkyl halides is 2. The van der Waals surface area contributed by atoms with Gasteiger partial charge >= 0.3 is 6.01 Å². The van der Waals surface area contributed by atoms with Crippen molar-refractivity contribution in [2.24, 2.45) is 0 Å². The third kappa shape index (κ3) is 5.35. The van der Waals surface area contributed by atoms with Crippen molar-refractivity contribution in [2.75, 3.05) is 37.4 Å². The first-order valence-electron chi connectivity index (χ1n) is 16.4. The van der Waals surface area contributed by atoms with Gasteiger partial charge in [-0.1, -0.05) is 17.7 Å². The number of aryl methyl sites for hydroxylation is 1. The number of thiophene rings is 1. The quantitative estimate of drug-likeness (QED) is 0.189. The van der Waals surface area contributed by atoms with Gasteiger partial charge in [0.25, 0.3) is 6.43 Å². The van der Waals surface area contributed by atoms with Gasteiger partial charge in [0, 0.05) is 23.5 Å². The molecule has 2 bridgehead atoms. The number of likely N-dealkylation sites (N-methyl/N-ethyl adjacent to an activating group) is 1. The number of likely N-dealkylation sites (tertiary alicyclic amines) is 1. The molecule has 10 nitrogen and oxygen atoms in total. The second kappa shape index (κ2) is 12.7. The number of nitrogen functional groups attached to an aromatic ring is 1. The molecule has 1 fully saturated rings. The van der Waals surface area contributed by atoms with E-state index in [1.165, 1.54) is 18.2 Å². The number of nitriles is 1. The molecule has 0 saturated carbocycles. The lowest BCUT2D eigenvalue weighted by molar-refractivity contribution is 0.0883. The molecule has 0 spiro atoms. The number of benzene rings is 2. The molecule has 3 aliphatic rings. The van der Waals surface area contributed by atoms with Crippen LogP contribution in [0.1, 0.15) is 55.5 Å². The monoisotopic (exact) mass is 726 g/mol. The average molecular weight is 727 g/mol. The van der Waals surface area contributed by atoms with Gasteiger partial charge in [-0.15, -0.1) is 11.3 Å². The Balaban J connectivity index is 1.38. The summed E-state index contributed by atoms with van der Waals surface area (Å²) in [6, 6.07) is 5.96. The Morgan fingerprint density at radius 3 is 2.70 bits per heavy atom. The van der Waals surface area contributed by atoms with E-state index in [0.29, 0.717) is 25.1 Å². The van der Waals surface area contributed by atoms with Crippen LogP contribution in [0.2, 0.25) is 5.02 Å². The predicted molar refractivity (Wildman–Crippen MR) is 182 cm³/mol. The molecule has 2 N–H and O–H groups in total. The maximum atomic E-state index is 17.3. The Hall–Kier alpha value is -4.39. The molecule has 16 heteroatoms. The maximum absolute atomic E-state index is 17.3. The standard InChI is InChI=1S/C34H31ClF4N8O2S/c1-45-9-4-5-21(45)22-6-2-3-10-47-16(13-20(44-47)31(38)39)15-46-11-12-48-29-25-28(42-34(49-22)43-33(25)46)27(37)24(26(29)35)17-7-8-19(36)30-23(17)18(14-40)32(41)50-30/h7-8,13,21-22,31H,2-6,9-12,15,41H2,1H3/t21-,22?/m0/s1. The van der Waals surface area contributed by atoms with Crippen molar-refractivity contribution < 1.29 is 27.0 Å². The number of ether oxygens (including phenoxy) is 2. The molecule has 1 saturated heterocycles. The topological polar surface area (TPSA) is 118 Å². The van der Waals surface area contributed by atoms with Crippen LogP contribution < -0.4 is 20.1 Å². The fraction of sp³-hybridized carbons (Fsp3) is 0.412. The number of hydrogen-bond donors (Lipinski definition) is 1. The van der Waals surface area contributed by atoms with Crippen LogP contribution in [0.3, 0.4) is 0 Å². The van der Waals surface area contributed by atoms with Crippen molar-refractivity contribution in [2.45, 2.75) is 63.8 Å². The van der Waals surface area contributed by atoms with Gasteiger partial charge in [0.05, 0.1) is 39.5 Å². The first-order valence-corrected chi connectivity index (χ1v) is 17.6. The van der Waals surface area contributed by atoms with Crippen LogP contribution >= 0.6 is 22.9 Å². The average Bonchev–Trinajstić information content (AvgIpc) is 3.77. The highest BCUT2D eigenvalue weighted by Gasteiger charge is 2.35. The smallest absolute Gasteiger partial charge is 0.319 e. The van der Waals surface area contributed by atoms with E-state index in [2.05, 4.69) is 15.0 Å². The molecule has 6 heterocycles. The fourth-order valence-electron chi connectivity index (χ4n) is 7.49. The molecule has 0 radical (unpaired) electrons. The van der Waals surface area contributed by atoms with Crippen molar-refractivity contribution in [3.8, 4) is 29.0 Å². The van der Waals surface area contributed by atoms with Crippen molar-refractivity contribution >= 4 is 54.7 Å². The SMILES string of the molecule is CN1CCC[C@H]1C1CCCCn2nc(C(F)F)cc2CN2CCOc3c(Cl)c(-c4ccc(F)c5sc(N)c(C#N)c45)c(F)c4nc(nc2c34)O1. The second-order valence-corrected chi connectivity index (χ2v) is 14.3. The second-order valence-electron chi connectivity index (χ2n) is 12.8. The number of hydrogen-bond acceptors (Lipinski definition) is 10. The molecular formula is C34H31ClF4N8O2S. The lowest BCUT2D eigenvalue weighted by Gasteiger charge is -2.29. The predicted octanol–water partition coefficient (Wildman–Crippen LogP) is 7.46. The summed E-state index contributed by atoms with van der Waals surface area (Å²) in [5.74, 6) is -1.10. The zero-order valence-corrected chi connectivity index (χ0v) is 28.4. The van der Waals surface area contributed by atoms with Crippen LogP contribution in [0.15, 0.2) is 18.2 Å². The van der Waals surface area contributed by atoms with E-state index in [-0.39, 0.29) is 103 Å². The number of aromatic nitrogens is 4. The molecule has 260 valence electrons. The molecule has 3 aliphatic heterocycles. The molecule has 0 amide bonds. The molecular weight excluding hydrogens is 696 g/mol. The van der Waals surface area contributed by atoms with Crippen LogP contribution in [0, 0.1) is 23.0 Å². The van der Waals surface area contributed by atoms with Gasteiger partial charge in [0.1, 0.15) is 46.6 Å². The third-order valence-electron chi connectivity index (χ3n) is 9.88. The summed E-state index contributed by atoms with van der Waals surface area (Å²) in [4.78, 5) is 13.5. The van der Waals surface area contributed by atoms with Crippen LogP contribution in [-0.2, 0) is 13.1 Å². The van der Waals surface area contributed by atoms with E-state index in [1.54, 1.807) is 4.68 Å². The number of rotatable bonds is 3. The highest BCUT2D eigenvalue weighted by atomic mass is 35.5. The van der Waals surface area contributed by atoms with E-state index in [9.17, 15) is 14.0 Å². The van der Waals surface area contributed by atoms with E-state index in [4.69, 9.17) is 31.8 Å². The lowest BCUT2D eigenvalue weighted by atomic mass is 9.96. The molecule has 2 atom stereocenters. The summed E-state index contributed by atoms with van der Waals surface area (Å²) in [6.07, 6.45) is 0.827. The zero-order chi connectivity index (χ0) is 34.8.